The van der Waals surface area contributed by atoms with Gasteiger partial charge in [-0.2, -0.15) is 0 Å². The van der Waals surface area contributed by atoms with Gasteiger partial charge in [0.15, 0.2) is 28.8 Å². The van der Waals surface area contributed by atoms with E-state index in [0.717, 1.165) is 6.07 Å². The minimum atomic E-state index is -1.10. The fraction of sp³-hybridized carbons (Fsp3) is 0.125. The van der Waals surface area contributed by atoms with E-state index in [4.69, 9.17) is 9.47 Å². The molecule has 1 heterocycles. The summed E-state index contributed by atoms with van der Waals surface area (Å²) in [5, 5.41) is 38.9. The molecule has 0 atom stereocenters. The standard InChI is InChI=1S/C16H12O8/c1-23-10-3-2-6(4-7(10)17)15-14(22)13(21)11-8(18)5-9(19)12(20)16(11)24-15/h3-5,17-20H,2H2,1H3. The van der Waals surface area contributed by atoms with Crippen molar-refractivity contribution in [2.45, 2.75) is 6.42 Å². The quantitative estimate of drug-likeness (QED) is 0.264. The minimum absolute atomic E-state index is 0.127. The van der Waals surface area contributed by atoms with Gasteiger partial charge in [0, 0.05) is 11.6 Å². The van der Waals surface area contributed by atoms with E-state index in [1.165, 1.54) is 19.3 Å². The number of carbonyl (C=O) groups is 2. The topological polar surface area (TPSA) is 134 Å². The first kappa shape index (κ1) is 15.5. The van der Waals surface area contributed by atoms with Crippen LogP contribution in [0, 0.1) is 0 Å². The highest BCUT2D eigenvalue weighted by molar-refractivity contribution is 6.51. The molecule has 8 heteroatoms. The summed E-state index contributed by atoms with van der Waals surface area (Å²) < 4.78 is 10.2. The summed E-state index contributed by atoms with van der Waals surface area (Å²) in [5.74, 6) is -5.31. The number of aliphatic hydroxyl groups excluding tert-OH is 1. The largest absolute Gasteiger partial charge is 0.507 e. The van der Waals surface area contributed by atoms with Crippen molar-refractivity contribution in [2.75, 3.05) is 7.11 Å². The van der Waals surface area contributed by atoms with Gasteiger partial charge in [-0.05, 0) is 18.6 Å². The number of methoxy groups -OCH3 is 1. The van der Waals surface area contributed by atoms with Crippen LogP contribution < -0.4 is 4.74 Å². The molecule has 24 heavy (non-hydrogen) atoms. The maximum atomic E-state index is 12.2. The van der Waals surface area contributed by atoms with Gasteiger partial charge in [0.2, 0.25) is 11.5 Å². The summed E-state index contributed by atoms with van der Waals surface area (Å²) in [6.45, 7) is 0. The number of aliphatic hydroxyl groups is 1. The van der Waals surface area contributed by atoms with Gasteiger partial charge in [-0.3, -0.25) is 9.59 Å². The van der Waals surface area contributed by atoms with Crippen molar-refractivity contribution in [2.24, 2.45) is 0 Å². The SMILES string of the molecule is COC1=CCC(=C2Oc3c(O)c(O)cc(O)c3C(=O)C2=O)C=C1O. The number of allylic oxidation sites excluding steroid dienone is 4. The Hall–Kier alpha value is -3.42. The molecular weight excluding hydrogens is 320 g/mol. The lowest BCUT2D eigenvalue weighted by Gasteiger charge is -2.22. The third kappa shape index (κ3) is 2.16. The van der Waals surface area contributed by atoms with Crippen LogP contribution in [0.3, 0.4) is 0 Å². The lowest BCUT2D eigenvalue weighted by atomic mass is 9.95. The Morgan fingerprint density at radius 1 is 1.08 bits per heavy atom. The highest BCUT2D eigenvalue weighted by atomic mass is 16.5. The number of phenolic OH excluding ortho intramolecular Hbond substituents is 3. The van der Waals surface area contributed by atoms with E-state index in [1.807, 2.05) is 0 Å². The smallest absolute Gasteiger partial charge is 0.269 e. The molecule has 0 saturated carbocycles. The second kappa shape index (κ2) is 5.34. The number of carbonyl (C=O) groups excluding carboxylic acids is 2. The number of fused-ring (bicyclic) bond motifs is 1. The number of benzene rings is 1. The Kier molecular flexibility index (Phi) is 3.44. The molecule has 1 aromatic rings. The monoisotopic (exact) mass is 332 g/mol. The van der Waals surface area contributed by atoms with Gasteiger partial charge >= 0.3 is 0 Å². The molecule has 0 amide bonds. The van der Waals surface area contributed by atoms with Gasteiger partial charge in [0.05, 0.1) is 7.11 Å². The van der Waals surface area contributed by atoms with E-state index in [0.29, 0.717) is 0 Å². The molecule has 0 fully saturated rings. The number of ketones is 2. The molecule has 1 aliphatic heterocycles. The highest BCUT2D eigenvalue weighted by Gasteiger charge is 2.38. The van der Waals surface area contributed by atoms with E-state index in [-0.39, 0.29) is 23.5 Å². The molecule has 124 valence electrons. The average molecular weight is 332 g/mol. The lowest BCUT2D eigenvalue weighted by molar-refractivity contribution is -0.114. The third-order valence-electron chi connectivity index (χ3n) is 3.64. The maximum Gasteiger partial charge on any atom is 0.269 e. The Morgan fingerprint density at radius 3 is 2.42 bits per heavy atom. The molecule has 1 aromatic carbocycles. The number of hydrogen-bond donors (Lipinski definition) is 4. The van der Waals surface area contributed by atoms with Crippen molar-refractivity contribution in [1.29, 1.82) is 0 Å². The predicted octanol–water partition coefficient (Wildman–Crippen LogP) is 1.58. The van der Waals surface area contributed by atoms with Crippen LogP contribution in [0.5, 0.6) is 23.0 Å². The number of rotatable bonds is 1. The zero-order valence-corrected chi connectivity index (χ0v) is 12.4. The first-order valence-corrected chi connectivity index (χ1v) is 6.78. The van der Waals surface area contributed by atoms with Gasteiger partial charge in [-0.15, -0.1) is 0 Å². The van der Waals surface area contributed by atoms with Crippen molar-refractivity contribution < 1.29 is 39.5 Å². The molecular formula is C16H12O8. The number of phenols is 3. The van der Waals surface area contributed by atoms with Gasteiger partial charge in [0.1, 0.15) is 11.3 Å². The van der Waals surface area contributed by atoms with E-state index >= 15 is 0 Å². The molecule has 1 aliphatic carbocycles. The average Bonchev–Trinajstić information content (AvgIpc) is 2.55. The van der Waals surface area contributed by atoms with Crippen LogP contribution in [0.4, 0.5) is 0 Å². The van der Waals surface area contributed by atoms with Crippen molar-refractivity contribution in [1.82, 2.24) is 0 Å². The van der Waals surface area contributed by atoms with Crippen LogP contribution in [-0.4, -0.2) is 39.1 Å². The summed E-state index contributed by atoms with van der Waals surface area (Å²) in [4.78, 5) is 24.5. The summed E-state index contributed by atoms with van der Waals surface area (Å²) in [6.07, 6.45) is 2.81. The Bertz CT molecular complexity index is 873. The van der Waals surface area contributed by atoms with E-state index in [2.05, 4.69) is 0 Å². The van der Waals surface area contributed by atoms with Crippen molar-refractivity contribution in [3.8, 4) is 23.0 Å². The zero-order valence-electron chi connectivity index (χ0n) is 12.4. The van der Waals surface area contributed by atoms with Gasteiger partial charge < -0.3 is 29.9 Å². The van der Waals surface area contributed by atoms with Crippen LogP contribution in [0.2, 0.25) is 0 Å². The lowest BCUT2D eigenvalue weighted by Crippen LogP contribution is -2.27. The first-order valence-electron chi connectivity index (χ1n) is 6.78. The number of hydrogen-bond acceptors (Lipinski definition) is 8. The van der Waals surface area contributed by atoms with E-state index in [1.54, 1.807) is 0 Å². The molecule has 0 spiro atoms. The van der Waals surface area contributed by atoms with Crippen molar-refractivity contribution in [3.63, 3.8) is 0 Å². The Morgan fingerprint density at radius 2 is 1.79 bits per heavy atom. The normalized spacial score (nSPS) is 20.0. The molecule has 0 radical (unpaired) electrons. The molecule has 0 unspecified atom stereocenters. The fourth-order valence-electron chi connectivity index (χ4n) is 2.46. The summed E-state index contributed by atoms with van der Waals surface area (Å²) in [5.41, 5.74) is -0.351. The molecule has 0 aromatic heterocycles. The van der Waals surface area contributed by atoms with E-state index < -0.39 is 45.9 Å². The van der Waals surface area contributed by atoms with Crippen molar-refractivity contribution in [3.05, 3.63) is 46.6 Å². The Labute approximate surface area is 135 Å². The highest BCUT2D eigenvalue weighted by Crippen LogP contribution is 2.47. The molecule has 0 bridgehead atoms. The van der Waals surface area contributed by atoms with Gasteiger partial charge in [0.25, 0.3) is 5.78 Å². The van der Waals surface area contributed by atoms with Crippen molar-refractivity contribution >= 4 is 11.6 Å². The second-order valence-electron chi connectivity index (χ2n) is 5.09. The van der Waals surface area contributed by atoms with Crippen LogP contribution >= 0.6 is 0 Å². The first-order chi connectivity index (χ1) is 11.3. The third-order valence-corrected chi connectivity index (χ3v) is 3.64. The summed E-state index contributed by atoms with van der Waals surface area (Å²) in [7, 11) is 1.36. The number of Topliss-reactive ketones (excluding diaryl/α,β-unsaturated/α-hetero) is 2. The number of aromatic hydroxyl groups is 3. The number of ether oxygens (including phenoxy) is 2. The van der Waals surface area contributed by atoms with Crippen LogP contribution in [0.1, 0.15) is 16.8 Å². The van der Waals surface area contributed by atoms with Crippen LogP contribution in [-0.2, 0) is 9.53 Å². The fourth-order valence-corrected chi connectivity index (χ4v) is 2.46. The minimum Gasteiger partial charge on any atom is -0.507 e. The van der Waals surface area contributed by atoms with E-state index in [9.17, 15) is 30.0 Å². The molecule has 2 aliphatic rings. The molecule has 0 saturated heterocycles. The van der Waals surface area contributed by atoms with Gasteiger partial charge in [-0.25, -0.2) is 0 Å². The Balaban J connectivity index is 2.16. The zero-order chi connectivity index (χ0) is 17.6. The predicted molar refractivity (Wildman–Crippen MR) is 78.8 cm³/mol. The van der Waals surface area contributed by atoms with Crippen LogP contribution in [0.25, 0.3) is 0 Å². The summed E-state index contributed by atoms with van der Waals surface area (Å²) in [6, 6.07) is 0.737. The molecule has 3 rings (SSSR count). The maximum absolute atomic E-state index is 12.2. The van der Waals surface area contributed by atoms with Gasteiger partial charge in [-0.1, -0.05) is 0 Å². The van der Waals surface area contributed by atoms with Crippen LogP contribution in [0.15, 0.2) is 41.1 Å². The molecule has 8 nitrogen and oxygen atoms in total. The summed E-state index contributed by atoms with van der Waals surface area (Å²) >= 11 is 0. The second-order valence-corrected chi connectivity index (χ2v) is 5.09. The molecule has 4 N–H and O–H groups in total.